The van der Waals surface area contributed by atoms with E-state index in [1.54, 1.807) is 0 Å². The number of hydrogen-bond donors (Lipinski definition) is 2. The molecule has 3 rings (SSSR count). The van der Waals surface area contributed by atoms with E-state index in [4.69, 9.17) is 0 Å². The molecule has 0 atom stereocenters. The van der Waals surface area contributed by atoms with E-state index in [1.165, 1.54) is 5.56 Å². The fraction of sp³-hybridized carbons (Fsp3) is 0.471. The van der Waals surface area contributed by atoms with Gasteiger partial charge in [-0.3, -0.25) is 4.79 Å². The summed E-state index contributed by atoms with van der Waals surface area (Å²) in [5.41, 5.74) is 4.24. The zero-order valence-corrected chi connectivity index (χ0v) is 13.0. The molecule has 21 heavy (non-hydrogen) atoms. The Kier molecular flexibility index (Phi) is 3.72. The summed E-state index contributed by atoms with van der Waals surface area (Å²) in [5, 5.41) is 4.31. The number of carbonyl (C=O) groups excluding carboxylic acids is 1. The summed E-state index contributed by atoms with van der Waals surface area (Å²) >= 11 is 0. The molecule has 1 aliphatic heterocycles. The van der Waals surface area contributed by atoms with Crippen LogP contribution in [0.1, 0.15) is 34.5 Å². The van der Waals surface area contributed by atoms with Gasteiger partial charge in [-0.15, -0.1) is 0 Å². The molecule has 2 aromatic rings. The molecule has 4 nitrogen and oxygen atoms in total. The summed E-state index contributed by atoms with van der Waals surface area (Å²) in [7, 11) is 2.13. The maximum Gasteiger partial charge on any atom is 0.251 e. The van der Waals surface area contributed by atoms with Crippen LogP contribution in [0.25, 0.3) is 10.9 Å². The molecule has 112 valence electrons. The van der Waals surface area contributed by atoms with Gasteiger partial charge in [-0.05, 0) is 70.6 Å². The number of benzene rings is 1. The minimum atomic E-state index is 0.0460. The first-order valence-corrected chi connectivity index (χ1v) is 7.63. The van der Waals surface area contributed by atoms with E-state index in [0.717, 1.165) is 48.1 Å². The Labute approximate surface area is 125 Å². The fourth-order valence-corrected chi connectivity index (χ4v) is 3.02. The quantitative estimate of drug-likeness (QED) is 0.891. The SMILES string of the molecule is Cc1[nH]c2ccc(C(=O)NC3CCN(C)CC3)cc2c1C. The lowest BCUT2D eigenvalue weighted by molar-refractivity contribution is 0.0917. The predicted molar refractivity (Wildman–Crippen MR) is 85.8 cm³/mol. The van der Waals surface area contributed by atoms with Gasteiger partial charge in [-0.2, -0.15) is 0 Å². The number of H-pyrrole nitrogens is 1. The van der Waals surface area contributed by atoms with Crippen molar-refractivity contribution in [2.24, 2.45) is 0 Å². The second-order valence-electron chi connectivity index (χ2n) is 6.19. The summed E-state index contributed by atoms with van der Waals surface area (Å²) in [5.74, 6) is 0.0460. The number of aromatic nitrogens is 1. The van der Waals surface area contributed by atoms with Crippen molar-refractivity contribution in [2.75, 3.05) is 20.1 Å². The van der Waals surface area contributed by atoms with Gasteiger partial charge in [0, 0.05) is 28.2 Å². The molecule has 0 bridgehead atoms. The van der Waals surface area contributed by atoms with Crippen molar-refractivity contribution in [3.63, 3.8) is 0 Å². The predicted octanol–water partition coefficient (Wildman–Crippen LogP) is 2.61. The van der Waals surface area contributed by atoms with Gasteiger partial charge in [0.1, 0.15) is 0 Å². The number of rotatable bonds is 2. The molecule has 0 saturated carbocycles. The van der Waals surface area contributed by atoms with Crippen molar-refractivity contribution < 1.29 is 4.79 Å². The minimum Gasteiger partial charge on any atom is -0.358 e. The van der Waals surface area contributed by atoms with E-state index in [0.29, 0.717) is 6.04 Å². The molecule has 0 spiro atoms. The molecule has 0 unspecified atom stereocenters. The average Bonchev–Trinajstić information content (AvgIpc) is 2.76. The first kappa shape index (κ1) is 14.1. The average molecular weight is 285 g/mol. The van der Waals surface area contributed by atoms with Gasteiger partial charge in [-0.1, -0.05) is 0 Å². The number of aryl methyl sites for hydroxylation is 2. The third kappa shape index (κ3) is 2.81. The van der Waals surface area contributed by atoms with Crippen LogP contribution in [0, 0.1) is 13.8 Å². The van der Waals surface area contributed by atoms with Crippen LogP contribution < -0.4 is 5.32 Å². The second kappa shape index (κ2) is 5.53. The molecular weight excluding hydrogens is 262 g/mol. The maximum absolute atomic E-state index is 12.4. The molecule has 0 radical (unpaired) electrons. The van der Waals surface area contributed by atoms with Crippen molar-refractivity contribution in [3.05, 3.63) is 35.0 Å². The highest BCUT2D eigenvalue weighted by Gasteiger charge is 2.19. The fourth-order valence-electron chi connectivity index (χ4n) is 3.02. The summed E-state index contributed by atoms with van der Waals surface area (Å²) in [6, 6.07) is 6.21. The molecule has 0 aliphatic carbocycles. The molecule has 2 heterocycles. The lowest BCUT2D eigenvalue weighted by Crippen LogP contribution is -2.43. The standard InChI is InChI=1S/C17H23N3O/c1-11-12(2)18-16-5-4-13(10-15(11)16)17(21)19-14-6-8-20(3)9-7-14/h4-5,10,14,18H,6-9H2,1-3H3,(H,19,21). The van der Waals surface area contributed by atoms with Gasteiger partial charge < -0.3 is 15.2 Å². The lowest BCUT2D eigenvalue weighted by atomic mass is 10.0. The zero-order valence-electron chi connectivity index (χ0n) is 13.0. The van der Waals surface area contributed by atoms with Crippen LogP contribution in [0.15, 0.2) is 18.2 Å². The van der Waals surface area contributed by atoms with Gasteiger partial charge in [-0.25, -0.2) is 0 Å². The summed E-state index contributed by atoms with van der Waals surface area (Å²) in [6.07, 6.45) is 2.07. The largest absolute Gasteiger partial charge is 0.358 e. The third-order valence-electron chi connectivity index (χ3n) is 4.62. The molecule has 4 heteroatoms. The molecule has 1 aliphatic rings. The van der Waals surface area contributed by atoms with Gasteiger partial charge in [0.05, 0.1) is 0 Å². The Morgan fingerprint density at radius 1 is 1.29 bits per heavy atom. The van der Waals surface area contributed by atoms with Crippen molar-refractivity contribution >= 4 is 16.8 Å². The smallest absolute Gasteiger partial charge is 0.251 e. The molecule has 1 saturated heterocycles. The Morgan fingerprint density at radius 2 is 2.00 bits per heavy atom. The highest BCUT2D eigenvalue weighted by Crippen LogP contribution is 2.22. The Bertz CT molecular complexity index is 666. The Hall–Kier alpha value is -1.81. The van der Waals surface area contributed by atoms with Crippen molar-refractivity contribution in [2.45, 2.75) is 32.7 Å². The van der Waals surface area contributed by atoms with E-state index in [9.17, 15) is 4.79 Å². The van der Waals surface area contributed by atoms with E-state index < -0.39 is 0 Å². The van der Waals surface area contributed by atoms with E-state index >= 15 is 0 Å². The first-order valence-electron chi connectivity index (χ1n) is 7.63. The lowest BCUT2D eigenvalue weighted by Gasteiger charge is -2.29. The highest BCUT2D eigenvalue weighted by molar-refractivity contribution is 5.99. The third-order valence-corrected chi connectivity index (χ3v) is 4.62. The number of nitrogens with zero attached hydrogens (tertiary/aromatic N) is 1. The van der Waals surface area contributed by atoms with Crippen molar-refractivity contribution in [1.29, 1.82) is 0 Å². The summed E-state index contributed by atoms with van der Waals surface area (Å²) in [4.78, 5) is 18.1. The van der Waals surface area contributed by atoms with Gasteiger partial charge in [0.25, 0.3) is 5.91 Å². The molecule has 1 aromatic carbocycles. The van der Waals surface area contributed by atoms with Crippen LogP contribution in [-0.4, -0.2) is 42.0 Å². The number of fused-ring (bicyclic) bond motifs is 1. The van der Waals surface area contributed by atoms with Crippen LogP contribution in [-0.2, 0) is 0 Å². The number of nitrogens with one attached hydrogen (secondary N) is 2. The number of piperidine rings is 1. The molecular formula is C17H23N3O. The maximum atomic E-state index is 12.4. The van der Waals surface area contributed by atoms with Crippen molar-refractivity contribution in [1.82, 2.24) is 15.2 Å². The van der Waals surface area contributed by atoms with E-state index in [1.807, 2.05) is 18.2 Å². The Morgan fingerprint density at radius 3 is 2.71 bits per heavy atom. The molecule has 1 aromatic heterocycles. The van der Waals surface area contributed by atoms with Crippen LogP contribution >= 0.6 is 0 Å². The zero-order chi connectivity index (χ0) is 15.0. The summed E-state index contributed by atoms with van der Waals surface area (Å²) < 4.78 is 0. The molecule has 1 amide bonds. The normalized spacial score (nSPS) is 17.3. The van der Waals surface area contributed by atoms with Gasteiger partial charge in [0.2, 0.25) is 0 Å². The highest BCUT2D eigenvalue weighted by atomic mass is 16.1. The van der Waals surface area contributed by atoms with Crippen molar-refractivity contribution in [3.8, 4) is 0 Å². The van der Waals surface area contributed by atoms with Crippen LogP contribution in [0.3, 0.4) is 0 Å². The number of aromatic amines is 1. The van der Waals surface area contributed by atoms with Gasteiger partial charge >= 0.3 is 0 Å². The van der Waals surface area contributed by atoms with E-state index in [-0.39, 0.29) is 5.91 Å². The number of carbonyl (C=O) groups is 1. The first-order chi connectivity index (χ1) is 10.0. The van der Waals surface area contributed by atoms with E-state index in [2.05, 4.69) is 36.1 Å². The van der Waals surface area contributed by atoms with Crippen LogP contribution in [0.4, 0.5) is 0 Å². The second-order valence-corrected chi connectivity index (χ2v) is 6.19. The van der Waals surface area contributed by atoms with Crippen LogP contribution in [0.2, 0.25) is 0 Å². The van der Waals surface area contributed by atoms with Gasteiger partial charge in [0.15, 0.2) is 0 Å². The monoisotopic (exact) mass is 285 g/mol. The topological polar surface area (TPSA) is 48.1 Å². The molecule has 1 fully saturated rings. The molecule has 2 N–H and O–H groups in total. The minimum absolute atomic E-state index is 0.0460. The number of likely N-dealkylation sites (tertiary alicyclic amines) is 1. The Balaban J connectivity index is 1.76. The van der Waals surface area contributed by atoms with Crippen LogP contribution in [0.5, 0.6) is 0 Å². The summed E-state index contributed by atoms with van der Waals surface area (Å²) in [6.45, 7) is 6.26. The number of amides is 1. The number of hydrogen-bond acceptors (Lipinski definition) is 2.